The van der Waals surface area contributed by atoms with Crippen molar-refractivity contribution in [3.63, 3.8) is 0 Å². The standard InChI is InChI=1S/C59H94O28/c1-23-34(66)39(71)42(74)48(79-23)85-46-35(67)26(64)21-78-51(46)87-53(77)59-15-14-54(2,3)16-25(59)24-8-9-31-55(4)12-11-33(56(5,22-63)30(55)10-13-57(31,6)58(24,7)17-32(59)65)83-52-47(86-50-44(76)41(73)37(69)28(19-61)81-50)45(38(70)29(20-62)82-52)84-49-43(75)40(72)36(68)27(18-60)80-49/h8,22-23,25-52,60-62,64-76H,9-21H2,1-7H3/t23-,25-,26-,27+,28+,29+,30+,31+,32+,33-,34-,35-,36+,37-,38+,39+,40-,41-,42+,43+,44+,45-,46+,47+,48-,49-,50-,51-,52-,55-,56-,57+,58+,59+/m0/s1. The summed E-state index contributed by atoms with van der Waals surface area (Å²) in [6.07, 6.45) is -37.2. The number of allylic oxidation sites excluding steroid dienone is 2. The Morgan fingerprint density at radius 3 is 1.69 bits per heavy atom. The molecule has 5 saturated heterocycles. The van der Waals surface area contributed by atoms with E-state index in [0.717, 1.165) is 11.9 Å². The number of aldehydes is 1. The van der Waals surface area contributed by atoms with E-state index in [1.54, 1.807) is 6.92 Å². The van der Waals surface area contributed by atoms with Crippen molar-refractivity contribution >= 4 is 12.3 Å². The zero-order valence-corrected chi connectivity index (χ0v) is 50.1. The second kappa shape index (κ2) is 25.0. The van der Waals surface area contributed by atoms with Crippen LogP contribution in [0.25, 0.3) is 0 Å². The highest BCUT2D eigenvalue weighted by Crippen LogP contribution is 2.76. The number of fused-ring (bicyclic) bond motifs is 7. The highest BCUT2D eigenvalue weighted by molar-refractivity contribution is 5.80. The van der Waals surface area contributed by atoms with Crippen LogP contribution in [0.4, 0.5) is 0 Å². The number of esters is 1. The molecule has 0 bridgehead atoms. The van der Waals surface area contributed by atoms with Gasteiger partial charge in [0.15, 0.2) is 31.3 Å². The number of hydrogen-bond acceptors (Lipinski definition) is 28. The first-order valence-corrected chi connectivity index (χ1v) is 30.7. The van der Waals surface area contributed by atoms with E-state index in [4.69, 9.17) is 47.4 Å². The largest absolute Gasteiger partial charge is 0.432 e. The minimum absolute atomic E-state index is 0.126. The quantitative estimate of drug-likeness (QED) is 0.0338. The van der Waals surface area contributed by atoms with E-state index in [1.165, 1.54) is 6.92 Å². The van der Waals surface area contributed by atoms with Gasteiger partial charge >= 0.3 is 5.97 Å². The summed E-state index contributed by atoms with van der Waals surface area (Å²) in [6, 6.07) is 0. The van der Waals surface area contributed by atoms with Crippen LogP contribution in [0.3, 0.4) is 0 Å². The first-order valence-electron chi connectivity index (χ1n) is 30.7. The van der Waals surface area contributed by atoms with Crippen LogP contribution < -0.4 is 0 Å². The van der Waals surface area contributed by atoms with Crippen molar-refractivity contribution in [2.24, 2.45) is 50.2 Å². The van der Waals surface area contributed by atoms with Crippen LogP contribution in [-0.2, 0) is 57.0 Å². The molecule has 0 amide bonds. The van der Waals surface area contributed by atoms with Gasteiger partial charge in [0.2, 0.25) is 6.29 Å². The minimum atomic E-state index is -2.02. The molecule has 9 fully saturated rings. The van der Waals surface area contributed by atoms with Crippen LogP contribution in [0.15, 0.2) is 11.6 Å². The summed E-state index contributed by atoms with van der Waals surface area (Å²) in [5.74, 6) is -1.93. The van der Waals surface area contributed by atoms with Gasteiger partial charge in [0.25, 0.3) is 0 Å². The fourth-order valence-electron chi connectivity index (χ4n) is 17.6. The Morgan fingerprint density at radius 2 is 1.10 bits per heavy atom. The van der Waals surface area contributed by atoms with Gasteiger partial charge in [0, 0.05) is 0 Å². The molecule has 4 saturated carbocycles. The Morgan fingerprint density at radius 1 is 0.563 bits per heavy atom. The van der Waals surface area contributed by atoms with Crippen molar-refractivity contribution in [1.29, 1.82) is 0 Å². The third-order valence-corrected chi connectivity index (χ3v) is 23.1. The number of rotatable bonds is 14. The predicted octanol–water partition coefficient (Wildman–Crippen LogP) is -4.39. The van der Waals surface area contributed by atoms with E-state index in [1.807, 2.05) is 0 Å². The van der Waals surface area contributed by atoms with Gasteiger partial charge in [-0.2, -0.15) is 0 Å². The first kappa shape index (κ1) is 67.8. The number of carbonyl (C=O) groups excluding carboxylic acids is 2. The SMILES string of the molecule is C[C@@H]1O[C@@H](O[C@H]2[C@H](OC(=O)[C@]34CCC(C)(C)C[C@H]3C3=CC[C@@H]5[C@@]6(C)CC[C@H](O[C@@H]7O[C@H](CO)[C@@H](O)[C@H](O[C@@H]8O[C@H](CO)[C@@H](O)[C@H](O)[C@H]8O)[C@H]7O[C@@H]7O[C@H](CO)[C@H](O)[C@H](O)[C@H]7O)[C@@](C)(C=O)[C@@H]6CC[C@@]5(C)[C@]3(C)C[C@H]4O)OC[C@H](O)[C@@H]2O)[C@H](O)[C@H](O)[C@H]1O. The second-order valence-electron chi connectivity index (χ2n) is 28.4. The Kier molecular flexibility index (Phi) is 19.5. The zero-order valence-electron chi connectivity index (χ0n) is 50.1. The first-order chi connectivity index (χ1) is 40.8. The van der Waals surface area contributed by atoms with Crippen molar-refractivity contribution in [2.45, 2.75) is 266 Å². The van der Waals surface area contributed by atoms with Crippen LogP contribution in [-0.4, -0.2) is 280 Å². The third kappa shape index (κ3) is 11.1. The fourth-order valence-corrected chi connectivity index (χ4v) is 17.6. The molecule has 0 aromatic carbocycles. The normalized spacial score (nSPS) is 55.1. The lowest BCUT2D eigenvalue weighted by atomic mass is 9.33. The molecule has 28 heteroatoms. The second-order valence-corrected chi connectivity index (χ2v) is 28.4. The van der Waals surface area contributed by atoms with E-state index in [2.05, 4.69) is 40.7 Å². The van der Waals surface area contributed by atoms with Crippen LogP contribution in [0, 0.1) is 50.2 Å². The van der Waals surface area contributed by atoms with Crippen molar-refractivity contribution in [1.82, 2.24) is 0 Å². The summed E-state index contributed by atoms with van der Waals surface area (Å²) in [5.41, 5.74) is -4.13. The van der Waals surface area contributed by atoms with Crippen molar-refractivity contribution in [3.05, 3.63) is 11.6 Å². The van der Waals surface area contributed by atoms with Gasteiger partial charge in [0.1, 0.15) is 115 Å². The smallest absolute Gasteiger partial charge is 0.317 e. The summed E-state index contributed by atoms with van der Waals surface area (Å²) < 4.78 is 60.5. The molecule has 87 heavy (non-hydrogen) atoms. The Balaban J connectivity index is 0.936. The molecule has 498 valence electrons. The number of aliphatic hydroxyl groups excluding tert-OH is 16. The molecule has 28 nitrogen and oxygen atoms in total. The zero-order chi connectivity index (χ0) is 63.6. The molecule has 5 aliphatic heterocycles. The minimum Gasteiger partial charge on any atom is -0.432 e. The van der Waals surface area contributed by atoms with E-state index in [9.17, 15) is 86.5 Å². The molecule has 10 aliphatic rings. The molecule has 10 rings (SSSR count). The highest BCUT2D eigenvalue weighted by atomic mass is 16.8. The topological polar surface area (TPSA) is 450 Å². The van der Waals surface area contributed by atoms with Gasteiger partial charge in [-0.1, -0.05) is 53.2 Å². The van der Waals surface area contributed by atoms with Crippen molar-refractivity contribution < 1.29 is 139 Å². The van der Waals surface area contributed by atoms with E-state index in [-0.39, 0.29) is 30.6 Å². The average molecular weight is 1250 g/mol. The van der Waals surface area contributed by atoms with Crippen molar-refractivity contribution in [2.75, 3.05) is 26.4 Å². The van der Waals surface area contributed by atoms with Gasteiger partial charge in [-0.05, 0) is 104 Å². The summed E-state index contributed by atoms with van der Waals surface area (Å²) in [6.45, 7) is 10.9. The van der Waals surface area contributed by atoms with E-state index < -0.39 is 231 Å². The lowest BCUT2D eigenvalue weighted by molar-refractivity contribution is -0.399. The molecule has 0 unspecified atom stereocenters. The molecule has 5 heterocycles. The molecular weight excluding hydrogens is 1160 g/mol. The average Bonchev–Trinajstić information content (AvgIpc) is 0.676. The summed E-state index contributed by atoms with van der Waals surface area (Å²) in [4.78, 5) is 29.5. The maximum Gasteiger partial charge on any atom is 0.317 e. The Labute approximate surface area is 503 Å². The lowest BCUT2D eigenvalue weighted by Gasteiger charge is -2.71. The van der Waals surface area contributed by atoms with E-state index in [0.29, 0.717) is 38.5 Å². The maximum atomic E-state index is 15.3. The Bertz CT molecular complexity index is 2450. The molecule has 0 aromatic heterocycles. The molecule has 0 aromatic rings. The lowest BCUT2D eigenvalue weighted by Crippen LogP contribution is -2.69. The van der Waals surface area contributed by atoms with Gasteiger partial charge in [0.05, 0.1) is 50.2 Å². The number of ether oxygens (including phenoxy) is 10. The number of carbonyl (C=O) groups is 2. The number of aliphatic hydroxyl groups is 16. The van der Waals surface area contributed by atoms with Gasteiger partial charge in [-0.3, -0.25) is 4.79 Å². The van der Waals surface area contributed by atoms with Crippen LogP contribution in [0.2, 0.25) is 0 Å². The highest BCUT2D eigenvalue weighted by Gasteiger charge is 2.73. The van der Waals surface area contributed by atoms with Gasteiger partial charge in [-0.15, -0.1) is 0 Å². The van der Waals surface area contributed by atoms with E-state index >= 15 is 4.79 Å². The summed E-state index contributed by atoms with van der Waals surface area (Å²) >= 11 is 0. The predicted molar refractivity (Wildman–Crippen MR) is 290 cm³/mol. The third-order valence-electron chi connectivity index (χ3n) is 23.1. The van der Waals surface area contributed by atoms with Crippen molar-refractivity contribution in [3.8, 4) is 0 Å². The molecule has 0 spiro atoms. The molecule has 0 radical (unpaired) electrons. The summed E-state index contributed by atoms with van der Waals surface area (Å²) in [5, 5.41) is 174. The van der Waals surface area contributed by atoms with Crippen LogP contribution in [0.5, 0.6) is 0 Å². The molecular formula is C59H94O28. The Hall–Kier alpha value is -2.12. The molecule has 5 aliphatic carbocycles. The molecule has 34 atom stereocenters. The summed E-state index contributed by atoms with van der Waals surface area (Å²) in [7, 11) is 0. The maximum absolute atomic E-state index is 15.3. The van der Waals surface area contributed by atoms with Gasteiger partial charge in [-0.25, -0.2) is 0 Å². The molecule has 16 N–H and O–H groups in total. The monoisotopic (exact) mass is 1250 g/mol. The number of hydrogen-bond donors (Lipinski definition) is 16. The fraction of sp³-hybridized carbons (Fsp3) is 0.932. The van der Waals surface area contributed by atoms with Crippen LogP contribution in [0.1, 0.15) is 106 Å². The van der Waals surface area contributed by atoms with Crippen LogP contribution >= 0.6 is 0 Å². The van der Waals surface area contributed by atoms with Gasteiger partial charge < -0.3 is 134 Å².